The third kappa shape index (κ3) is 54.6. The Balaban J connectivity index is 0. The molecular formula is CaO4P-. The van der Waals surface area contributed by atoms with Crippen LogP contribution in [0.25, 0.3) is 0 Å². The van der Waals surface area contributed by atoms with Crippen molar-refractivity contribution in [3.63, 3.8) is 0 Å². The molecule has 0 spiro atoms. The van der Waals surface area contributed by atoms with Crippen LogP contribution in [0.5, 0.6) is 0 Å². The molecule has 0 bridgehead atoms. The molecule has 0 aromatic carbocycles. The van der Waals surface area contributed by atoms with Gasteiger partial charge in [0.1, 0.15) is 0 Å². The predicted molar refractivity (Wildman–Crippen MR) is 13.4 cm³/mol. The Morgan fingerprint density at radius 2 is 1.17 bits per heavy atom. The van der Waals surface area contributed by atoms with Gasteiger partial charge in [0.15, 0.2) is 0 Å². The molecule has 0 aliphatic carbocycles. The minimum absolute atomic E-state index is 0. The molecule has 0 amide bonds. The molecule has 0 saturated carbocycles. The fourth-order valence-electron chi connectivity index (χ4n) is 0. The summed E-state index contributed by atoms with van der Waals surface area (Å²) in [7, 11) is -5.39. The van der Waals surface area contributed by atoms with E-state index in [4.69, 9.17) is 19.2 Å². The van der Waals surface area contributed by atoms with Crippen molar-refractivity contribution < 1.29 is 19.2 Å². The molecule has 0 rings (SSSR count). The van der Waals surface area contributed by atoms with E-state index < -0.39 is 7.82 Å². The van der Waals surface area contributed by atoms with Crippen molar-refractivity contribution in [1.29, 1.82) is 0 Å². The maximum Gasteiger partial charge on any atom is 2.00 e. The van der Waals surface area contributed by atoms with Gasteiger partial charge in [-0.25, -0.2) is 0 Å². The molecule has 0 unspecified atom stereocenters. The first kappa shape index (κ1) is 10.4. The topological polar surface area (TPSA) is 86.2 Å². The number of phosphoric acid groups is 1. The van der Waals surface area contributed by atoms with E-state index in [2.05, 4.69) is 0 Å². The van der Waals surface area contributed by atoms with Crippen molar-refractivity contribution >= 4 is 45.6 Å². The summed E-state index contributed by atoms with van der Waals surface area (Å²) in [6, 6.07) is 0. The number of rotatable bonds is 0. The average Bonchev–Trinajstić information content (AvgIpc) is 0.722. The average molecular weight is 135 g/mol. The van der Waals surface area contributed by atoms with Crippen molar-refractivity contribution in [2.75, 3.05) is 0 Å². The molecule has 0 atom stereocenters. The zero-order valence-electron chi connectivity index (χ0n) is 2.79. The van der Waals surface area contributed by atoms with Crippen LogP contribution in [0.2, 0.25) is 0 Å². The van der Waals surface area contributed by atoms with Crippen molar-refractivity contribution in [2.45, 2.75) is 0 Å². The smallest absolute Gasteiger partial charge is 0.822 e. The quantitative estimate of drug-likeness (QED) is 0.258. The van der Waals surface area contributed by atoms with Crippen LogP contribution in [-0.2, 0) is 4.57 Å². The summed E-state index contributed by atoms with van der Waals surface area (Å²) in [6.07, 6.45) is 0. The van der Waals surface area contributed by atoms with E-state index in [1.807, 2.05) is 0 Å². The van der Waals surface area contributed by atoms with Gasteiger partial charge in [-0.2, -0.15) is 7.82 Å². The van der Waals surface area contributed by atoms with E-state index in [1.54, 1.807) is 0 Å². The maximum atomic E-state index is 8.55. The van der Waals surface area contributed by atoms with Crippen molar-refractivity contribution in [3.05, 3.63) is 0 Å². The van der Waals surface area contributed by atoms with Gasteiger partial charge in [0, 0.05) is 0 Å². The summed E-state index contributed by atoms with van der Waals surface area (Å²) < 4.78 is 8.55. The summed E-state index contributed by atoms with van der Waals surface area (Å²) in [6.45, 7) is 0. The first-order chi connectivity index (χ1) is 2.00. The summed E-state index contributed by atoms with van der Waals surface area (Å²) in [5.41, 5.74) is 0. The molecule has 0 aromatic heterocycles. The van der Waals surface area contributed by atoms with Crippen LogP contribution >= 0.6 is 7.82 Å². The molecule has 0 saturated heterocycles. The Labute approximate surface area is 64.4 Å². The van der Waals surface area contributed by atoms with Gasteiger partial charge in [0.05, 0.1) is 0 Å². The minimum atomic E-state index is -5.39. The van der Waals surface area contributed by atoms with E-state index in [0.717, 1.165) is 0 Å². The summed E-state index contributed by atoms with van der Waals surface area (Å²) in [5.74, 6) is 0. The Hall–Kier alpha value is 1.37. The Morgan fingerprint density at radius 3 is 1.17 bits per heavy atom. The molecule has 6 heavy (non-hydrogen) atoms. The van der Waals surface area contributed by atoms with Crippen LogP contribution < -0.4 is 14.7 Å². The summed E-state index contributed by atoms with van der Waals surface area (Å²) >= 11 is 0. The van der Waals surface area contributed by atoms with Crippen molar-refractivity contribution in [2.24, 2.45) is 0 Å². The second-order valence-electron chi connectivity index (χ2n) is 0.447. The van der Waals surface area contributed by atoms with Gasteiger partial charge >= 0.3 is 37.7 Å². The molecule has 0 heterocycles. The van der Waals surface area contributed by atoms with Gasteiger partial charge < -0.3 is 19.2 Å². The van der Waals surface area contributed by atoms with E-state index in [1.165, 1.54) is 0 Å². The van der Waals surface area contributed by atoms with Crippen molar-refractivity contribution in [1.82, 2.24) is 0 Å². The van der Waals surface area contributed by atoms with Crippen LogP contribution in [0.4, 0.5) is 0 Å². The number of hydrogen-bond donors (Lipinski definition) is 0. The number of hydrogen-bond acceptors (Lipinski definition) is 4. The fourth-order valence-corrected chi connectivity index (χ4v) is 0. The second-order valence-corrected chi connectivity index (χ2v) is 1.34. The van der Waals surface area contributed by atoms with E-state index in [-0.39, 0.29) is 37.7 Å². The molecule has 0 aliphatic rings. The first-order valence-corrected chi connectivity index (χ1v) is 2.19. The fraction of sp³-hybridized carbons (Fsp3) is 0. The van der Waals surface area contributed by atoms with Crippen LogP contribution in [0.3, 0.4) is 0 Å². The molecule has 0 radical (unpaired) electrons. The molecule has 0 aliphatic heterocycles. The monoisotopic (exact) mass is 135 g/mol. The van der Waals surface area contributed by atoms with Crippen LogP contribution in [-0.4, -0.2) is 37.7 Å². The Morgan fingerprint density at radius 1 is 1.17 bits per heavy atom. The normalized spacial score (nSPS) is 9.83. The van der Waals surface area contributed by atoms with Gasteiger partial charge in [-0.05, 0) is 0 Å². The summed E-state index contributed by atoms with van der Waals surface area (Å²) in [4.78, 5) is 25.6. The maximum absolute atomic E-state index is 8.55. The predicted octanol–water partition coefficient (Wildman–Crippen LogP) is -3.21. The van der Waals surface area contributed by atoms with Crippen LogP contribution in [0, 0.1) is 0 Å². The molecular weight excluding hydrogens is 135 g/mol. The zero-order valence-corrected chi connectivity index (χ0v) is 5.89. The minimum Gasteiger partial charge on any atom is -0.822 e. The molecule has 0 fully saturated rings. The Kier molecular flexibility index (Phi) is 5.84. The van der Waals surface area contributed by atoms with Gasteiger partial charge in [0.2, 0.25) is 0 Å². The van der Waals surface area contributed by atoms with Gasteiger partial charge in [0.25, 0.3) is 0 Å². The second kappa shape index (κ2) is 3.38. The third-order valence-electron chi connectivity index (χ3n) is 0. The zero-order chi connectivity index (χ0) is 4.50. The van der Waals surface area contributed by atoms with Gasteiger partial charge in [-0.15, -0.1) is 0 Å². The molecule has 0 N–H and O–H groups in total. The van der Waals surface area contributed by atoms with Gasteiger partial charge in [-0.3, -0.25) is 0 Å². The van der Waals surface area contributed by atoms with Crippen LogP contribution in [0.15, 0.2) is 0 Å². The van der Waals surface area contributed by atoms with Crippen LogP contribution in [0.1, 0.15) is 0 Å². The largest absolute Gasteiger partial charge is 2.00 e. The van der Waals surface area contributed by atoms with Crippen molar-refractivity contribution in [3.8, 4) is 0 Å². The molecule has 6 heteroatoms. The van der Waals surface area contributed by atoms with Gasteiger partial charge in [-0.1, -0.05) is 0 Å². The van der Waals surface area contributed by atoms with E-state index in [9.17, 15) is 0 Å². The molecule has 0 aromatic rings. The Bertz CT molecular complexity index is 53.7. The van der Waals surface area contributed by atoms with E-state index >= 15 is 0 Å². The molecule has 32 valence electrons. The first-order valence-electron chi connectivity index (χ1n) is 0.730. The van der Waals surface area contributed by atoms with E-state index in [0.29, 0.717) is 0 Å². The summed E-state index contributed by atoms with van der Waals surface area (Å²) in [5, 5.41) is 0. The standard InChI is InChI=1S/Ca.H3O4P/c;1-5(2,3)4/h;(H3,1,2,3,4)/q+2;/p-3. The SMILES string of the molecule is O=P([O-])([O-])[O-].[Ca+2]. The molecule has 4 nitrogen and oxygen atoms in total. The third-order valence-corrected chi connectivity index (χ3v) is 0.